The number of carbonyl (C=O) groups excluding carboxylic acids is 1. The van der Waals surface area contributed by atoms with Crippen molar-refractivity contribution in [2.45, 2.75) is 64.3 Å². The summed E-state index contributed by atoms with van der Waals surface area (Å²) in [5.74, 6) is 0.504. The molecule has 37 heavy (non-hydrogen) atoms. The topological polar surface area (TPSA) is 60.0 Å². The zero-order chi connectivity index (χ0) is 27.0. The van der Waals surface area contributed by atoms with Crippen molar-refractivity contribution in [2.24, 2.45) is 0 Å². The number of amides is 1. The van der Waals surface area contributed by atoms with Crippen molar-refractivity contribution in [2.75, 3.05) is 26.2 Å². The van der Waals surface area contributed by atoms with E-state index >= 15 is 0 Å². The Bertz CT molecular complexity index is 1040. The highest BCUT2D eigenvalue weighted by molar-refractivity contribution is 9.10. The van der Waals surface area contributed by atoms with Crippen LogP contribution in [-0.2, 0) is 4.74 Å². The van der Waals surface area contributed by atoms with Gasteiger partial charge in [-0.15, -0.1) is 0 Å². The fourth-order valence-corrected chi connectivity index (χ4v) is 4.57. The van der Waals surface area contributed by atoms with Crippen LogP contribution in [-0.4, -0.2) is 55.0 Å². The van der Waals surface area contributed by atoms with Gasteiger partial charge >= 0.3 is 6.09 Å². The number of nitrogens with one attached hydrogen (secondary N) is 1. The standard InChI is InChI=1S/C16H21BrFNO3.C11H13BrFNO/c1-16(2,3)22-15(20)19-8-6-12(7-9-19)21-14-10-11(18)4-5-13(14)17;12-10-2-1-8(13)7-11(10)15-9-3-5-14-6-4-9/h4-5,10,12H,6-9H2,1-3H3;1-2,7,9,14H,3-6H2. The second kappa shape index (κ2) is 13.8. The number of benzene rings is 2. The molecule has 204 valence electrons. The molecule has 6 nitrogen and oxygen atoms in total. The molecule has 10 heteroatoms. The highest BCUT2D eigenvalue weighted by atomic mass is 79.9. The van der Waals surface area contributed by atoms with Gasteiger partial charge in [0.25, 0.3) is 0 Å². The van der Waals surface area contributed by atoms with E-state index in [-0.39, 0.29) is 29.9 Å². The minimum absolute atomic E-state index is 0.0308. The van der Waals surface area contributed by atoms with Crippen LogP contribution >= 0.6 is 31.9 Å². The van der Waals surface area contributed by atoms with E-state index in [1.807, 2.05) is 20.8 Å². The van der Waals surface area contributed by atoms with Crippen molar-refractivity contribution < 1.29 is 27.8 Å². The Labute approximate surface area is 234 Å². The van der Waals surface area contributed by atoms with Crippen LogP contribution in [0.1, 0.15) is 46.5 Å². The zero-order valence-corrected chi connectivity index (χ0v) is 24.5. The molecule has 0 aliphatic carbocycles. The first-order valence-corrected chi connectivity index (χ1v) is 14.0. The number of rotatable bonds is 4. The molecule has 4 rings (SSSR count). The molecule has 0 spiro atoms. The second-order valence-corrected chi connectivity index (χ2v) is 11.7. The molecule has 1 N–H and O–H groups in total. The fraction of sp³-hybridized carbons (Fsp3) is 0.519. The van der Waals surface area contributed by atoms with E-state index in [0.717, 1.165) is 34.9 Å². The van der Waals surface area contributed by atoms with Gasteiger partial charge in [-0.3, -0.25) is 0 Å². The number of nitrogens with zero attached hydrogens (tertiary/aromatic N) is 1. The SMILES string of the molecule is CC(C)(C)OC(=O)N1CCC(Oc2cc(F)ccc2Br)CC1.Fc1ccc(Br)c(OC2CCNCC2)c1. The van der Waals surface area contributed by atoms with E-state index < -0.39 is 5.60 Å². The van der Waals surface area contributed by atoms with Crippen LogP contribution in [0.5, 0.6) is 11.5 Å². The third-order valence-electron chi connectivity index (χ3n) is 5.75. The lowest BCUT2D eigenvalue weighted by molar-refractivity contribution is 0.0126. The fourth-order valence-electron chi connectivity index (χ4n) is 3.89. The molecule has 2 heterocycles. The summed E-state index contributed by atoms with van der Waals surface area (Å²) in [5.41, 5.74) is -0.489. The molecule has 2 aromatic carbocycles. The number of likely N-dealkylation sites (tertiary alicyclic amines) is 1. The minimum atomic E-state index is -0.489. The zero-order valence-electron chi connectivity index (χ0n) is 21.4. The quantitative estimate of drug-likeness (QED) is 0.384. The van der Waals surface area contributed by atoms with Crippen LogP contribution in [0.4, 0.5) is 13.6 Å². The summed E-state index contributed by atoms with van der Waals surface area (Å²) in [4.78, 5) is 13.7. The van der Waals surface area contributed by atoms with E-state index in [0.29, 0.717) is 37.4 Å². The van der Waals surface area contributed by atoms with Crippen molar-refractivity contribution in [3.8, 4) is 11.5 Å². The van der Waals surface area contributed by atoms with Crippen molar-refractivity contribution in [1.29, 1.82) is 0 Å². The van der Waals surface area contributed by atoms with E-state index in [4.69, 9.17) is 14.2 Å². The first-order valence-electron chi connectivity index (χ1n) is 12.4. The maximum absolute atomic E-state index is 13.3. The largest absolute Gasteiger partial charge is 0.489 e. The van der Waals surface area contributed by atoms with Gasteiger partial charge in [-0.05, 0) is 103 Å². The number of halogens is 4. The summed E-state index contributed by atoms with van der Waals surface area (Å²) >= 11 is 6.70. The van der Waals surface area contributed by atoms with E-state index in [1.54, 1.807) is 17.0 Å². The van der Waals surface area contributed by atoms with E-state index in [1.165, 1.54) is 24.3 Å². The average Bonchev–Trinajstić information content (AvgIpc) is 2.84. The molecule has 2 aliphatic heterocycles. The molecular formula is C27H34Br2F2N2O4. The molecule has 2 saturated heterocycles. The predicted octanol–water partition coefficient (Wildman–Crippen LogP) is 7.09. The third kappa shape index (κ3) is 10.1. The number of piperidine rings is 2. The minimum Gasteiger partial charge on any atom is -0.489 e. The van der Waals surface area contributed by atoms with Gasteiger partial charge in [0.05, 0.1) is 8.95 Å². The maximum atomic E-state index is 13.3. The Kier molecular flexibility index (Phi) is 11.0. The maximum Gasteiger partial charge on any atom is 0.410 e. The van der Waals surface area contributed by atoms with Gasteiger partial charge in [0.15, 0.2) is 0 Å². The molecule has 0 atom stereocenters. The Morgan fingerprint density at radius 2 is 1.32 bits per heavy atom. The van der Waals surface area contributed by atoms with Gasteiger partial charge in [-0.1, -0.05) is 0 Å². The van der Waals surface area contributed by atoms with Gasteiger partial charge in [0, 0.05) is 38.1 Å². The first-order chi connectivity index (χ1) is 17.5. The molecule has 0 aromatic heterocycles. The lowest BCUT2D eigenvalue weighted by Crippen LogP contribution is -2.44. The summed E-state index contributed by atoms with van der Waals surface area (Å²) < 4.78 is 44.7. The van der Waals surface area contributed by atoms with Crippen molar-refractivity contribution in [3.63, 3.8) is 0 Å². The number of hydrogen-bond acceptors (Lipinski definition) is 5. The van der Waals surface area contributed by atoms with Crippen LogP contribution in [0.15, 0.2) is 45.3 Å². The number of carbonyl (C=O) groups is 1. The smallest absolute Gasteiger partial charge is 0.410 e. The van der Waals surface area contributed by atoms with Crippen LogP contribution < -0.4 is 14.8 Å². The van der Waals surface area contributed by atoms with Gasteiger partial charge in [0.1, 0.15) is 40.9 Å². The normalized spacial score (nSPS) is 17.0. The summed E-state index contributed by atoms with van der Waals surface area (Å²) in [6, 6.07) is 8.88. The Morgan fingerprint density at radius 3 is 1.78 bits per heavy atom. The average molecular weight is 648 g/mol. The van der Waals surface area contributed by atoms with E-state index in [9.17, 15) is 13.6 Å². The molecule has 0 saturated carbocycles. The molecular weight excluding hydrogens is 614 g/mol. The Balaban J connectivity index is 0.000000220. The molecule has 0 bridgehead atoms. The van der Waals surface area contributed by atoms with Crippen molar-refractivity contribution in [1.82, 2.24) is 10.2 Å². The monoisotopic (exact) mass is 646 g/mol. The molecule has 1 amide bonds. The van der Waals surface area contributed by atoms with Crippen molar-refractivity contribution in [3.05, 3.63) is 57.0 Å². The number of hydrogen-bond donors (Lipinski definition) is 1. The summed E-state index contributed by atoms with van der Waals surface area (Å²) in [6.07, 6.45) is 3.22. The summed E-state index contributed by atoms with van der Waals surface area (Å²) in [7, 11) is 0. The first kappa shape index (κ1) is 29.6. The second-order valence-electron chi connectivity index (χ2n) is 10.0. The van der Waals surface area contributed by atoms with Crippen LogP contribution in [0.25, 0.3) is 0 Å². The van der Waals surface area contributed by atoms with E-state index in [2.05, 4.69) is 37.2 Å². The van der Waals surface area contributed by atoms with Crippen LogP contribution in [0, 0.1) is 11.6 Å². The van der Waals surface area contributed by atoms with Crippen LogP contribution in [0.3, 0.4) is 0 Å². The van der Waals surface area contributed by atoms with Gasteiger partial charge < -0.3 is 24.4 Å². The molecule has 2 aliphatic rings. The molecule has 0 unspecified atom stereocenters. The van der Waals surface area contributed by atoms with Gasteiger partial charge in [-0.2, -0.15) is 0 Å². The molecule has 2 aromatic rings. The van der Waals surface area contributed by atoms with Crippen molar-refractivity contribution >= 4 is 38.0 Å². The summed E-state index contributed by atoms with van der Waals surface area (Å²) in [6.45, 7) is 8.64. The lowest BCUT2D eigenvalue weighted by atomic mass is 10.1. The predicted molar refractivity (Wildman–Crippen MR) is 146 cm³/mol. The molecule has 2 fully saturated rings. The highest BCUT2D eigenvalue weighted by Crippen LogP contribution is 2.29. The Hall–Kier alpha value is -1.91. The van der Waals surface area contributed by atoms with Gasteiger partial charge in [-0.25, -0.2) is 13.6 Å². The third-order valence-corrected chi connectivity index (χ3v) is 7.06. The van der Waals surface area contributed by atoms with Gasteiger partial charge in [0.2, 0.25) is 0 Å². The Morgan fingerprint density at radius 1 is 0.865 bits per heavy atom. The highest BCUT2D eigenvalue weighted by Gasteiger charge is 2.28. The lowest BCUT2D eigenvalue weighted by Gasteiger charge is -2.33. The summed E-state index contributed by atoms with van der Waals surface area (Å²) in [5, 5.41) is 3.26. The van der Waals surface area contributed by atoms with Crippen LogP contribution in [0.2, 0.25) is 0 Å². The number of ether oxygens (including phenoxy) is 3. The molecule has 0 radical (unpaired) electrons.